The van der Waals surface area contributed by atoms with Crippen LogP contribution in [0.5, 0.6) is 0 Å². The number of nitrogens with zero attached hydrogens (tertiary/aromatic N) is 1. The zero-order valence-corrected chi connectivity index (χ0v) is 11.4. The van der Waals surface area contributed by atoms with Crippen molar-refractivity contribution in [3.63, 3.8) is 0 Å². The first-order valence-corrected chi connectivity index (χ1v) is 6.24. The number of rotatable bonds is 6. The summed E-state index contributed by atoms with van der Waals surface area (Å²) in [6, 6.07) is 5.28. The molecule has 0 saturated heterocycles. The summed E-state index contributed by atoms with van der Waals surface area (Å²) in [5.74, 6) is -0.248. The number of likely N-dealkylation sites (N-methyl/N-ethyl adjacent to an activating group) is 1. The van der Waals surface area contributed by atoms with E-state index in [0.29, 0.717) is 23.2 Å². The van der Waals surface area contributed by atoms with Crippen molar-refractivity contribution in [3.8, 4) is 0 Å². The third kappa shape index (κ3) is 4.62. The van der Waals surface area contributed by atoms with Crippen LogP contribution in [-0.4, -0.2) is 31.1 Å². The quantitative estimate of drug-likeness (QED) is 0.790. The Kier molecular flexibility index (Phi) is 5.89. The molecule has 0 aromatic heterocycles. The minimum absolute atomic E-state index is 0.248. The minimum Gasteiger partial charge on any atom is -0.311 e. The van der Waals surface area contributed by atoms with Crippen molar-refractivity contribution in [2.24, 2.45) is 0 Å². The molecule has 0 atom stereocenters. The van der Waals surface area contributed by atoms with Gasteiger partial charge in [-0.3, -0.25) is 0 Å². The van der Waals surface area contributed by atoms with E-state index in [-0.39, 0.29) is 5.82 Å². The van der Waals surface area contributed by atoms with E-state index >= 15 is 0 Å². The zero-order chi connectivity index (χ0) is 12.8. The highest BCUT2D eigenvalue weighted by Gasteiger charge is 2.06. The first kappa shape index (κ1) is 14.4. The van der Waals surface area contributed by atoms with Gasteiger partial charge in [0, 0.05) is 36.3 Å². The van der Waals surface area contributed by atoms with E-state index in [2.05, 4.69) is 31.1 Å². The summed E-state index contributed by atoms with van der Waals surface area (Å²) in [5, 5.41) is 3.68. The van der Waals surface area contributed by atoms with Gasteiger partial charge < -0.3 is 10.2 Å². The van der Waals surface area contributed by atoms with E-state index in [0.717, 1.165) is 13.1 Å². The second kappa shape index (κ2) is 6.94. The number of halogens is 2. The van der Waals surface area contributed by atoms with Crippen LogP contribution in [0.4, 0.5) is 4.39 Å². The van der Waals surface area contributed by atoms with Crippen LogP contribution >= 0.6 is 11.6 Å². The van der Waals surface area contributed by atoms with Crippen LogP contribution in [0.25, 0.3) is 0 Å². The maximum absolute atomic E-state index is 13.4. The van der Waals surface area contributed by atoms with Gasteiger partial charge in [-0.15, -0.1) is 0 Å². The average molecular weight is 259 g/mol. The largest absolute Gasteiger partial charge is 0.311 e. The van der Waals surface area contributed by atoms with Gasteiger partial charge in [-0.1, -0.05) is 17.7 Å². The SMILES string of the molecule is CC(C)N(C)CCNCc1c(F)cccc1Cl. The van der Waals surface area contributed by atoms with Crippen molar-refractivity contribution >= 4 is 11.6 Å². The summed E-state index contributed by atoms with van der Waals surface area (Å²) in [6.07, 6.45) is 0. The zero-order valence-electron chi connectivity index (χ0n) is 10.6. The Morgan fingerprint density at radius 1 is 1.41 bits per heavy atom. The summed E-state index contributed by atoms with van der Waals surface area (Å²) < 4.78 is 13.4. The molecular formula is C13H20ClFN2. The molecule has 0 unspecified atom stereocenters. The molecule has 1 aromatic carbocycles. The third-order valence-corrected chi connectivity index (χ3v) is 3.24. The van der Waals surface area contributed by atoms with Crippen LogP contribution in [0, 0.1) is 5.82 Å². The third-order valence-electron chi connectivity index (χ3n) is 2.89. The van der Waals surface area contributed by atoms with Gasteiger partial charge in [0.1, 0.15) is 5.82 Å². The number of nitrogens with one attached hydrogen (secondary N) is 1. The Hall–Kier alpha value is -0.640. The highest BCUT2D eigenvalue weighted by atomic mass is 35.5. The summed E-state index contributed by atoms with van der Waals surface area (Å²) in [7, 11) is 2.07. The molecule has 0 heterocycles. The first-order valence-electron chi connectivity index (χ1n) is 5.86. The van der Waals surface area contributed by atoms with Gasteiger partial charge in [0.25, 0.3) is 0 Å². The van der Waals surface area contributed by atoms with Crippen molar-refractivity contribution < 1.29 is 4.39 Å². The molecule has 0 aliphatic rings. The highest BCUT2D eigenvalue weighted by molar-refractivity contribution is 6.31. The molecule has 1 rings (SSSR count). The molecule has 0 spiro atoms. The van der Waals surface area contributed by atoms with Crippen molar-refractivity contribution in [1.29, 1.82) is 0 Å². The van der Waals surface area contributed by atoms with E-state index in [4.69, 9.17) is 11.6 Å². The molecule has 0 aliphatic heterocycles. The van der Waals surface area contributed by atoms with Crippen LogP contribution in [0.1, 0.15) is 19.4 Å². The molecule has 0 amide bonds. The van der Waals surface area contributed by atoms with E-state index in [1.54, 1.807) is 12.1 Å². The van der Waals surface area contributed by atoms with Crippen LogP contribution < -0.4 is 5.32 Å². The number of hydrogen-bond acceptors (Lipinski definition) is 2. The molecular weight excluding hydrogens is 239 g/mol. The molecule has 17 heavy (non-hydrogen) atoms. The fourth-order valence-electron chi connectivity index (χ4n) is 1.43. The molecule has 1 N–H and O–H groups in total. The molecule has 0 radical (unpaired) electrons. The fraction of sp³-hybridized carbons (Fsp3) is 0.538. The highest BCUT2D eigenvalue weighted by Crippen LogP contribution is 2.18. The smallest absolute Gasteiger partial charge is 0.129 e. The van der Waals surface area contributed by atoms with Crippen molar-refractivity contribution in [3.05, 3.63) is 34.6 Å². The van der Waals surface area contributed by atoms with Gasteiger partial charge >= 0.3 is 0 Å². The molecule has 0 saturated carbocycles. The molecule has 0 bridgehead atoms. The maximum atomic E-state index is 13.4. The number of hydrogen-bond donors (Lipinski definition) is 1. The normalized spacial score (nSPS) is 11.5. The van der Waals surface area contributed by atoms with E-state index < -0.39 is 0 Å². The van der Waals surface area contributed by atoms with E-state index in [1.807, 2.05) is 0 Å². The standard InChI is InChI=1S/C13H20ClFN2/c1-10(2)17(3)8-7-16-9-11-12(14)5-4-6-13(11)15/h4-6,10,16H,7-9H2,1-3H3. The van der Waals surface area contributed by atoms with Gasteiger partial charge in [0.2, 0.25) is 0 Å². The van der Waals surface area contributed by atoms with Crippen molar-refractivity contribution in [2.75, 3.05) is 20.1 Å². The van der Waals surface area contributed by atoms with Crippen molar-refractivity contribution in [1.82, 2.24) is 10.2 Å². The molecule has 1 aromatic rings. The Bertz CT molecular complexity index is 335. The summed E-state index contributed by atoms with van der Waals surface area (Å²) in [5.41, 5.74) is 0.543. The average Bonchev–Trinajstić information content (AvgIpc) is 2.27. The maximum Gasteiger partial charge on any atom is 0.129 e. The van der Waals surface area contributed by atoms with Crippen molar-refractivity contribution in [2.45, 2.75) is 26.4 Å². The summed E-state index contributed by atoms with van der Waals surface area (Å²) in [4.78, 5) is 2.23. The molecule has 0 fully saturated rings. The molecule has 96 valence electrons. The van der Waals surface area contributed by atoms with Gasteiger partial charge in [-0.05, 0) is 33.0 Å². The fourth-order valence-corrected chi connectivity index (χ4v) is 1.66. The van der Waals surface area contributed by atoms with E-state index in [9.17, 15) is 4.39 Å². The topological polar surface area (TPSA) is 15.3 Å². The predicted octanol–water partition coefficient (Wildman–Crippen LogP) is 2.91. The molecule has 0 aliphatic carbocycles. The second-order valence-corrected chi connectivity index (χ2v) is 4.86. The van der Waals surface area contributed by atoms with Crippen LogP contribution in [0.3, 0.4) is 0 Å². The Morgan fingerprint density at radius 2 is 2.12 bits per heavy atom. The van der Waals surface area contributed by atoms with Gasteiger partial charge in [0.15, 0.2) is 0 Å². The lowest BCUT2D eigenvalue weighted by Gasteiger charge is -2.21. The van der Waals surface area contributed by atoms with Gasteiger partial charge in [0.05, 0.1) is 0 Å². The van der Waals surface area contributed by atoms with Gasteiger partial charge in [-0.25, -0.2) is 4.39 Å². The van der Waals surface area contributed by atoms with Crippen LogP contribution in [0.2, 0.25) is 5.02 Å². The first-order chi connectivity index (χ1) is 8.02. The van der Waals surface area contributed by atoms with Gasteiger partial charge in [-0.2, -0.15) is 0 Å². The second-order valence-electron chi connectivity index (χ2n) is 4.45. The van der Waals surface area contributed by atoms with E-state index in [1.165, 1.54) is 6.07 Å². The van der Waals surface area contributed by atoms with Crippen LogP contribution in [0.15, 0.2) is 18.2 Å². The summed E-state index contributed by atoms with van der Waals surface area (Å²) in [6.45, 7) is 6.52. The lowest BCUT2D eigenvalue weighted by Crippen LogP contribution is -2.33. The molecule has 4 heteroatoms. The minimum atomic E-state index is -0.248. The molecule has 2 nitrogen and oxygen atoms in total. The van der Waals surface area contributed by atoms with Crippen LogP contribution in [-0.2, 0) is 6.54 Å². The Labute approximate surface area is 108 Å². The predicted molar refractivity (Wildman–Crippen MR) is 70.9 cm³/mol. The number of benzene rings is 1. The monoisotopic (exact) mass is 258 g/mol. The Balaban J connectivity index is 2.36. The lowest BCUT2D eigenvalue weighted by atomic mass is 10.2. The summed E-state index contributed by atoms with van der Waals surface area (Å²) >= 11 is 5.93. The lowest BCUT2D eigenvalue weighted by molar-refractivity contribution is 0.273. The Morgan fingerprint density at radius 3 is 2.71 bits per heavy atom.